The lowest BCUT2D eigenvalue weighted by Crippen LogP contribution is -2.54. The number of alkyl halides is 3. The van der Waals surface area contributed by atoms with Crippen LogP contribution >= 0.6 is 11.6 Å². The first-order chi connectivity index (χ1) is 14.7. The van der Waals surface area contributed by atoms with Crippen molar-refractivity contribution in [1.29, 1.82) is 5.26 Å². The van der Waals surface area contributed by atoms with E-state index in [1.165, 1.54) is 26.0 Å². The molecule has 174 valence electrons. The Balaban J connectivity index is 2.66. The van der Waals surface area contributed by atoms with Crippen molar-refractivity contribution in [3.8, 4) is 17.3 Å². The Morgan fingerprint density at radius 1 is 1.09 bits per heavy atom. The maximum atomic E-state index is 12.9. The van der Waals surface area contributed by atoms with E-state index in [-0.39, 0.29) is 27.5 Å². The molecule has 0 aliphatic rings. The molecule has 1 aromatic carbocycles. The standard InChI is InChI=1S/C17H17ClF3N5O4S2/c1-3-31(27,28)24-26(25-32(29,30)4-2)15-7-11(5-6-12(15)9-22)16-14(18)8-13(10-23-16)17(19,20)21/h5-8,10,24-25H,3-4H2,1-2H3. The van der Waals surface area contributed by atoms with Gasteiger partial charge < -0.3 is 0 Å². The first-order valence-electron chi connectivity index (χ1n) is 8.80. The Hall–Kier alpha value is -2.44. The third-order valence-electron chi connectivity index (χ3n) is 4.02. The van der Waals surface area contributed by atoms with Crippen LogP contribution in [0.2, 0.25) is 5.02 Å². The van der Waals surface area contributed by atoms with E-state index in [9.17, 15) is 35.3 Å². The fraction of sp³-hybridized carbons (Fsp3) is 0.294. The topological polar surface area (TPSA) is 132 Å². The monoisotopic (exact) mass is 511 g/mol. The summed E-state index contributed by atoms with van der Waals surface area (Å²) in [5.41, 5.74) is -1.45. The molecule has 2 N–H and O–H groups in total. The Bertz CT molecular complexity index is 1230. The summed E-state index contributed by atoms with van der Waals surface area (Å²) in [5.74, 6) is -0.823. The number of pyridine rings is 1. The minimum atomic E-state index is -4.67. The molecule has 0 atom stereocenters. The highest BCUT2D eigenvalue weighted by Gasteiger charge is 2.32. The second-order valence-electron chi connectivity index (χ2n) is 6.22. The van der Waals surface area contributed by atoms with Gasteiger partial charge in [-0.15, -0.1) is 9.66 Å². The number of nitrogens with zero attached hydrogens (tertiary/aromatic N) is 3. The van der Waals surface area contributed by atoms with Crippen LogP contribution in [0.1, 0.15) is 25.0 Å². The number of benzene rings is 1. The summed E-state index contributed by atoms with van der Waals surface area (Å²) in [7, 11) is -8.01. The van der Waals surface area contributed by atoms with Gasteiger partial charge in [0.05, 0.1) is 39.0 Å². The van der Waals surface area contributed by atoms with Crippen molar-refractivity contribution in [2.45, 2.75) is 20.0 Å². The predicted octanol–water partition coefficient (Wildman–Crippen LogP) is 2.81. The molecule has 0 aliphatic heterocycles. The molecule has 9 nitrogen and oxygen atoms in total. The molecule has 0 fully saturated rings. The van der Waals surface area contributed by atoms with E-state index in [0.717, 1.165) is 6.07 Å². The minimum Gasteiger partial charge on any atom is -0.254 e. The summed E-state index contributed by atoms with van der Waals surface area (Å²) in [6, 6.07) is 6.16. The van der Waals surface area contributed by atoms with Gasteiger partial charge in [-0.25, -0.2) is 22.0 Å². The van der Waals surface area contributed by atoms with Gasteiger partial charge in [-0.2, -0.15) is 18.4 Å². The second kappa shape index (κ2) is 9.59. The maximum Gasteiger partial charge on any atom is 0.417 e. The van der Waals surface area contributed by atoms with Crippen LogP contribution in [0, 0.1) is 11.3 Å². The second-order valence-corrected chi connectivity index (χ2v) is 10.6. The fourth-order valence-corrected chi connectivity index (χ4v) is 3.72. The lowest BCUT2D eigenvalue weighted by molar-refractivity contribution is -0.137. The van der Waals surface area contributed by atoms with E-state index in [0.29, 0.717) is 17.4 Å². The van der Waals surface area contributed by atoms with Gasteiger partial charge in [0.2, 0.25) is 20.0 Å². The van der Waals surface area contributed by atoms with Crippen LogP contribution in [0.25, 0.3) is 11.3 Å². The van der Waals surface area contributed by atoms with Crippen molar-refractivity contribution < 1.29 is 30.0 Å². The molecule has 0 aliphatic carbocycles. The number of anilines is 1. The summed E-state index contributed by atoms with van der Waals surface area (Å²) in [4.78, 5) is 7.74. The van der Waals surface area contributed by atoms with Gasteiger partial charge in [-0.3, -0.25) is 4.98 Å². The molecule has 2 rings (SSSR count). The summed E-state index contributed by atoms with van der Waals surface area (Å²) in [5, 5.41) is 9.61. The summed E-state index contributed by atoms with van der Waals surface area (Å²) < 4.78 is 87.0. The van der Waals surface area contributed by atoms with Gasteiger partial charge in [0.15, 0.2) is 0 Å². The van der Waals surface area contributed by atoms with Crippen LogP contribution in [0.4, 0.5) is 18.9 Å². The smallest absolute Gasteiger partial charge is 0.254 e. The van der Waals surface area contributed by atoms with E-state index in [1.54, 1.807) is 6.07 Å². The van der Waals surface area contributed by atoms with Crippen molar-refractivity contribution in [2.24, 2.45) is 0 Å². The van der Waals surface area contributed by atoms with Gasteiger partial charge in [0.1, 0.15) is 6.07 Å². The Morgan fingerprint density at radius 2 is 1.66 bits per heavy atom. The number of hydrogen-bond acceptors (Lipinski definition) is 7. The SMILES string of the molecule is CCS(=O)(=O)NN(NS(=O)(=O)CC)c1cc(-c2ncc(C(F)(F)F)cc2Cl)ccc1C#N. The van der Waals surface area contributed by atoms with Crippen molar-refractivity contribution in [3.63, 3.8) is 0 Å². The van der Waals surface area contributed by atoms with Crippen molar-refractivity contribution in [2.75, 3.05) is 16.6 Å². The Labute approximate surface area is 187 Å². The fourth-order valence-electron chi connectivity index (χ4n) is 2.29. The van der Waals surface area contributed by atoms with E-state index in [2.05, 4.69) is 4.98 Å². The molecule has 0 radical (unpaired) electrons. The highest BCUT2D eigenvalue weighted by Crippen LogP contribution is 2.35. The summed E-state index contributed by atoms with van der Waals surface area (Å²) in [6.45, 7) is 2.62. The molecular formula is C17H17ClF3N5O4S2. The molecule has 0 spiro atoms. The normalized spacial score (nSPS) is 12.4. The minimum absolute atomic E-state index is 0.0953. The molecule has 0 unspecified atom stereocenters. The number of rotatable bonds is 8. The van der Waals surface area contributed by atoms with Crippen LogP contribution in [-0.2, 0) is 26.2 Å². The van der Waals surface area contributed by atoms with Crippen molar-refractivity contribution in [1.82, 2.24) is 14.6 Å². The Kier molecular flexibility index (Phi) is 7.74. The molecular weight excluding hydrogens is 495 g/mol. The summed E-state index contributed by atoms with van der Waals surface area (Å²) in [6.07, 6.45) is -4.10. The number of halogens is 4. The lowest BCUT2D eigenvalue weighted by Gasteiger charge is -2.26. The Morgan fingerprint density at radius 3 is 2.09 bits per heavy atom. The molecule has 1 heterocycles. The van der Waals surface area contributed by atoms with E-state index < -0.39 is 43.3 Å². The molecule has 0 saturated carbocycles. The number of hydrogen-bond donors (Lipinski definition) is 2. The maximum absolute atomic E-state index is 12.9. The zero-order valence-corrected chi connectivity index (χ0v) is 19.0. The predicted molar refractivity (Wildman–Crippen MR) is 112 cm³/mol. The van der Waals surface area contributed by atoms with Crippen LogP contribution in [0.5, 0.6) is 0 Å². The van der Waals surface area contributed by atoms with Gasteiger partial charge in [0, 0.05) is 11.8 Å². The molecule has 0 saturated heterocycles. The van der Waals surface area contributed by atoms with E-state index >= 15 is 0 Å². The number of nitriles is 1. The van der Waals surface area contributed by atoms with Crippen LogP contribution < -0.4 is 14.8 Å². The first kappa shape index (κ1) is 25.8. The average molecular weight is 512 g/mol. The summed E-state index contributed by atoms with van der Waals surface area (Å²) >= 11 is 5.97. The van der Waals surface area contributed by atoms with Crippen LogP contribution in [0.15, 0.2) is 30.5 Å². The first-order valence-corrected chi connectivity index (χ1v) is 12.5. The zero-order valence-electron chi connectivity index (χ0n) is 16.6. The highest BCUT2D eigenvalue weighted by molar-refractivity contribution is 7.90. The molecule has 32 heavy (non-hydrogen) atoms. The van der Waals surface area contributed by atoms with Gasteiger partial charge >= 0.3 is 6.18 Å². The molecule has 0 bridgehead atoms. The van der Waals surface area contributed by atoms with Crippen molar-refractivity contribution in [3.05, 3.63) is 46.6 Å². The molecule has 2 aromatic rings. The number of hydrazine groups is 2. The lowest BCUT2D eigenvalue weighted by atomic mass is 10.1. The quantitative estimate of drug-likeness (QED) is 0.521. The van der Waals surface area contributed by atoms with E-state index in [1.807, 2.05) is 9.66 Å². The largest absolute Gasteiger partial charge is 0.417 e. The van der Waals surface area contributed by atoms with Crippen LogP contribution in [-0.4, -0.2) is 33.3 Å². The third kappa shape index (κ3) is 6.30. The molecule has 0 amide bonds. The van der Waals surface area contributed by atoms with Gasteiger partial charge in [-0.05, 0) is 32.0 Å². The number of nitrogens with one attached hydrogen (secondary N) is 2. The highest BCUT2D eigenvalue weighted by atomic mass is 35.5. The number of aromatic nitrogens is 1. The number of sulfonamides is 2. The van der Waals surface area contributed by atoms with E-state index in [4.69, 9.17) is 11.6 Å². The van der Waals surface area contributed by atoms with Crippen molar-refractivity contribution >= 4 is 37.3 Å². The van der Waals surface area contributed by atoms with Crippen LogP contribution in [0.3, 0.4) is 0 Å². The molecule has 15 heteroatoms. The zero-order chi connectivity index (χ0) is 24.3. The molecule has 1 aromatic heterocycles. The van der Waals surface area contributed by atoms with Gasteiger partial charge in [-0.1, -0.05) is 17.7 Å². The third-order valence-corrected chi connectivity index (χ3v) is 6.75. The average Bonchev–Trinajstić information content (AvgIpc) is 2.71. The van der Waals surface area contributed by atoms with Gasteiger partial charge in [0.25, 0.3) is 0 Å².